The largest absolute Gasteiger partial charge is 0.348 e. The summed E-state index contributed by atoms with van der Waals surface area (Å²) in [5.74, 6) is -0.646. The molecular formula is C21H26N4O4. The van der Waals surface area contributed by atoms with Crippen molar-refractivity contribution in [1.29, 1.82) is 0 Å². The van der Waals surface area contributed by atoms with Gasteiger partial charge in [0.2, 0.25) is 5.91 Å². The number of benzene rings is 1. The average Bonchev–Trinajstić information content (AvgIpc) is 3.15. The topological polar surface area (TPSA) is 84.8 Å². The number of piperidine rings is 1. The molecule has 0 atom stereocenters. The van der Waals surface area contributed by atoms with Crippen LogP contribution in [-0.4, -0.2) is 55.1 Å². The summed E-state index contributed by atoms with van der Waals surface area (Å²) >= 11 is 0. The molecule has 1 spiro atoms. The fourth-order valence-corrected chi connectivity index (χ4v) is 4.62. The first-order valence-electron chi connectivity index (χ1n) is 10.3. The lowest BCUT2D eigenvalue weighted by Crippen LogP contribution is -2.50. The Kier molecular flexibility index (Phi) is 4.57. The van der Waals surface area contributed by atoms with Crippen LogP contribution in [-0.2, 0) is 14.3 Å². The maximum atomic E-state index is 12.2. The number of nitrogens with zero attached hydrogens (tertiary/aromatic N) is 2. The zero-order valence-corrected chi connectivity index (χ0v) is 16.6. The molecule has 8 heteroatoms. The van der Waals surface area contributed by atoms with Gasteiger partial charge in [-0.3, -0.25) is 15.0 Å². The minimum absolute atomic E-state index is 0.120. The van der Waals surface area contributed by atoms with Crippen LogP contribution in [0.25, 0.3) is 10.9 Å². The molecular weight excluding hydrogens is 372 g/mol. The highest BCUT2D eigenvalue weighted by molar-refractivity contribution is 6.07. The molecule has 2 aromatic rings. The summed E-state index contributed by atoms with van der Waals surface area (Å²) in [5, 5.41) is 6.83. The minimum Gasteiger partial charge on any atom is -0.348 e. The SMILES string of the molecule is Cc1c(N2CCC(=O)NC2=O)ccc2c1ccn2C1COC2(CCNCC2)OC1. The lowest BCUT2D eigenvalue weighted by Gasteiger charge is -2.43. The van der Waals surface area contributed by atoms with E-state index in [9.17, 15) is 9.59 Å². The Bertz CT molecular complexity index is 953. The first-order chi connectivity index (χ1) is 14.1. The van der Waals surface area contributed by atoms with E-state index in [1.807, 2.05) is 19.1 Å². The van der Waals surface area contributed by atoms with Gasteiger partial charge >= 0.3 is 6.03 Å². The molecule has 0 aliphatic carbocycles. The zero-order chi connectivity index (χ0) is 20.0. The van der Waals surface area contributed by atoms with Gasteiger partial charge in [0.15, 0.2) is 5.79 Å². The van der Waals surface area contributed by atoms with Crippen LogP contribution in [0.1, 0.15) is 30.9 Å². The molecule has 0 unspecified atom stereocenters. The van der Waals surface area contributed by atoms with E-state index >= 15 is 0 Å². The van der Waals surface area contributed by atoms with E-state index in [0.29, 0.717) is 26.2 Å². The number of fused-ring (bicyclic) bond motifs is 1. The van der Waals surface area contributed by atoms with Crippen LogP contribution in [0.3, 0.4) is 0 Å². The summed E-state index contributed by atoms with van der Waals surface area (Å²) in [6.45, 7) is 5.52. The lowest BCUT2D eigenvalue weighted by atomic mass is 10.0. The van der Waals surface area contributed by atoms with Gasteiger partial charge in [0.1, 0.15) is 0 Å². The number of carbonyl (C=O) groups excluding carboxylic acids is 2. The smallest absolute Gasteiger partial charge is 0.328 e. The van der Waals surface area contributed by atoms with E-state index in [-0.39, 0.29) is 18.0 Å². The summed E-state index contributed by atoms with van der Waals surface area (Å²) in [7, 11) is 0. The van der Waals surface area contributed by atoms with Crippen LogP contribution in [0.5, 0.6) is 0 Å². The van der Waals surface area contributed by atoms with Crippen molar-refractivity contribution in [1.82, 2.24) is 15.2 Å². The quantitative estimate of drug-likeness (QED) is 0.809. The second-order valence-corrected chi connectivity index (χ2v) is 8.06. The van der Waals surface area contributed by atoms with Crippen molar-refractivity contribution in [2.24, 2.45) is 0 Å². The number of aryl methyl sites for hydroxylation is 1. The zero-order valence-electron chi connectivity index (χ0n) is 16.6. The first-order valence-corrected chi connectivity index (χ1v) is 10.3. The monoisotopic (exact) mass is 398 g/mol. The Labute approximate surface area is 169 Å². The first kappa shape index (κ1) is 18.6. The molecule has 29 heavy (non-hydrogen) atoms. The molecule has 3 aliphatic rings. The summed E-state index contributed by atoms with van der Waals surface area (Å²) in [4.78, 5) is 25.3. The normalized spacial score (nSPS) is 23.0. The molecule has 4 heterocycles. The van der Waals surface area contributed by atoms with Crippen molar-refractivity contribution in [2.75, 3.05) is 37.7 Å². The van der Waals surface area contributed by atoms with Gasteiger partial charge in [-0.05, 0) is 30.7 Å². The van der Waals surface area contributed by atoms with Crippen LogP contribution in [0, 0.1) is 6.92 Å². The number of aromatic nitrogens is 1. The van der Waals surface area contributed by atoms with Gasteiger partial charge in [-0.2, -0.15) is 0 Å². The van der Waals surface area contributed by atoms with Crippen molar-refractivity contribution in [3.63, 3.8) is 0 Å². The Morgan fingerprint density at radius 1 is 1.10 bits per heavy atom. The lowest BCUT2D eigenvalue weighted by molar-refractivity contribution is -0.288. The minimum atomic E-state index is -0.424. The molecule has 0 saturated carbocycles. The molecule has 1 aromatic carbocycles. The van der Waals surface area contributed by atoms with Crippen molar-refractivity contribution in [3.8, 4) is 0 Å². The van der Waals surface area contributed by atoms with Gasteiger partial charge in [0.05, 0.1) is 19.3 Å². The van der Waals surface area contributed by atoms with E-state index in [1.54, 1.807) is 4.90 Å². The van der Waals surface area contributed by atoms with E-state index < -0.39 is 5.79 Å². The van der Waals surface area contributed by atoms with Gasteiger partial charge in [-0.15, -0.1) is 0 Å². The number of imide groups is 1. The van der Waals surface area contributed by atoms with Crippen molar-refractivity contribution >= 4 is 28.5 Å². The number of amides is 3. The summed E-state index contributed by atoms with van der Waals surface area (Å²) in [5.41, 5.74) is 2.96. The molecule has 3 fully saturated rings. The fourth-order valence-electron chi connectivity index (χ4n) is 4.62. The van der Waals surface area contributed by atoms with Gasteiger partial charge in [0.25, 0.3) is 0 Å². The number of rotatable bonds is 2. The molecule has 154 valence electrons. The van der Waals surface area contributed by atoms with E-state index in [1.165, 1.54) is 0 Å². The highest BCUT2D eigenvalue weighted by Gasteiger charge is 2.39. The number of hydrogen-bond donors (Lipinski definition) is 2. The van der Waals surface area contributed by atoms with Crippen molar-refractivity contribution < 1.29 is 19.1 Å². The van der Waals surface area contributed by atoms with Crippen molar-refractivity contribution in [2.45, 2.75) is 38.0 Å². The summed E-state index contributed by atoms with van der Waals surface area (Å²) < 4.78 is 14.6. The predicted molar refractivity (Wildman–Crippen MR) is 108 cm³/mol. The van der Waals surface area contributed by atoms with E-state index in [2.05, 4.69) is 27.5 Å². The van der Waals surface area contributed by atoms with Gasteiger partial charge < -0.3 is 19.4 Å². The van der Waals surface area contributed by atoms with Gasteiger partial charge in [0, 0.05) is 61.7 Å². The number of carbonyl (C=O) groups is 2. The van der Waals surface area contributed by atoms with Crippen LogP contribution in [0.2, 0.25) is 0 Å². The third kappa shape index (κ3) is 3.21. The number of hydrogen-bond acceptors (Lipinski definition) is 5. The number of anilines is 1. The average molecular weight is 398 g/mol. The van der Waals surface area contributed by atoms with Crippen molar-refractivity contribution in [3.05, 3.63) is 30.0 Å². The number of nitrogens with one attached hydrogen (secondary N) is 2. The maximum Gasteiger partial charge on any atom is 0.328 e. The Morgan fingerprint density at radius 3 is 2.59 bits per heavy atom. The van der Waals surface area contributed by atoms with Gasteiger partial charge in [-0.1, -0.05) is 0 Å². The standard InChI is InChI=1S/C21H26N4O4/c1-14-16-4-10-24(15-12-28-21(29-13-15)6-8-22-9-7-21)18(16)3-2-17(14)25-11-5-19(26)23-20(25)27/h2-4,10,15,22H,5-9,11-13H2,1H3,(H,23,26,27). The second kappa shape index (κ2) is 7.12. The molecule has 0 radical (unpaired) electrons. The Hall–Kier alpha value is -2.42. The second-order valence-electron chi connectivity index (χ2n) is 8.06. The molecule has 3 aliphatic heterocycles. The van der Waals surface area contributed by atoms with Crippen LogP contribution >= 0.6 is 0 Å². The molecule has 8 nitrogen and oxygen atoms in total. The molecule has 0 bridgehead atoms. The fraction of sp³-hybridized carbons (Fsp3) is 0.524. The highest BCUT2D eigenvalue weighted by Crippen LogP contribution is 2.35. The molecule has 1 aromatic heterocycles. The van der Waals surface area contributed by atoms with E-state index in [0.717, 1.165) is 48.1 Å². The molecule has 5 rings (SSSR count). The molecule has 3 saturated heterocycles. The highest BCUT2D eigenvalue weighted by atomic mass is 16.7. The maximum absolute atomic E-state index is 12.2. The number of urea groups is 1. The Balaban J connectivity index is 1.39. The van der Waals surface area contributed by atoms with Crippen LogP contribution < -0.4 is 15.5 Å². The van der Waals surface area contributed by atoms with Crippen LogP contribution in [0.15, 0.2) is 24.4 Å². The summed E-state index contributed by atoms with van der Waals surface area (Å²) in [6.07, 6.45) is 4.15. The molecule has 2 N–H and O–H groups in total. The van der Waals surface area contributed by atoms with Crippen LogP contribution in [0.4, 0.5) is 10.5 Å². The predicted octanol–water partition coefficient (Wildman–Crippen LogP) is 2.06. The van der Waals surface area contributed by atoms with Gasteiger partial charge in [-0.25, -0.2) is 4.79 Å². The molecule has 3 amide bonds. The third-order valence-electron chi connectivity index (χ3n) is 6.32. The van der Waals surface area contributed by atoms with E-state index in [4.69, 9.17) is 9.47 Å². The number of ether oxygens (including phenoxy) is 2. The third-order valence-corrected chi connectivity index (χ3v) is 6.32. The Morgan fingerprint density at radius 2 is 1.86 bits per heavy atom. The summed E-state index contributed by atoms with van der Waals surface area (Å²) in [6, 6.07) is 5.84.